The molecule has 5 nitrogen and oxygen atoms in total. The van der Waals surface area contributed by atoms with Crippen LogP contribution in [0.2, 0.25) is 0 Å². The fraction of sp³-hybridized carbons (Fsp3) is 0.941. The van der Waals surface area contributed by atoms with Crippen LogP contribution in [0.4, 0.5) is 0 Å². The Balaban J connectivity index is 2.17. The van der Waals surface area contributed by atoms with Crippen molar-refractivity contribution < 1.29 is 0 Å². The molecule has 0 amide bonds. The number of nitrogens with zero attached hydrogens (tertiary/aromatic N) is 3. The summed E-state index contributed by atoms with van der Waals surface area (Å²) in [7, 11) is 1.85. The number of unbranched alkanes of at least 4 members (excludes halogenated alkanes) is 3. The van der Waals surface area contributed by atoms with E-state index in [0.717, 1.165) is 19.0 Å². The van der Waals surface area contributed by atoms with Crippen LogP contribution in [0.5, 0.6) is 0 Å². The van der Waals surface area contributed by atoms with Gasteiger partial charge in [-0.3, -0.25) is 9.89 Å². The minimum Gasteiger partial charge on any atom is -0.356 e. The van der Waals surface area contributed by atoms with Crippen LogP contribution < -0.4 is 10.6 Å². The van der Waals surface area contributed by atoms with Crippen molar-refractivity contribution in [3.05, 3.63) is 0 Å². The molecule has 1 aliphatic rings. The Bertz CT molecular complexity index is 297. The molecule has 1 fully saturated rings. The number of piperazine rings is 1. The quantitative estimate of drug-likeness (QED) is 0.387. The van der Waals surface area contributed by atoms with Crippen LogP contribution >= 0.6 is 0 Å². The zero-order valence-corrected chi connectivity index (χ0v) is 15.2. The highest BCUT2D eigenvalue weighted by Crippen LogP contribution is 2.05. The Morgan fingerprint density at radius 1 is 1.05 bits per heavy atom. The summed E-state index contributed by atoms with van der Waals surface area (Å²) in [6.45, 7) is 14.7. The predicted octanol–water partition coefficient (Wildman–Crippen LogP) is 1.76. The third-order valence-corrected chi connectivity index (χ3v) is 4.59. The second-order valence-electron chi connectivity index (χ2n) is 6.26. The van der Waals surface area contributed by atoms with Crippen LogP contribution in [0.15, 0.2) is 4.99 Å². The third-order valence-electron chi connectivity index (χ3n) is 4.59. The molecule has 0 bridgehead atoms. The Kier molecular flexibility index (Phi) is 10.2. The van der Waals surface area contributed by atoms with Gasteiger partial charge in [0, 0.05) is 52.4 Å². The highest BCUT2D eigenvalue weighted by Gasteiger charge is 2.20. The molecule has 1 atom stereocenters. The van der Waals surface area contributed by atoms with Crippen molar-refractivity contribution in [3.63, 3.8) is 0 Å². The van der Waals surface area contributed by atoms with E-state index in [1.54, 1.807) is 0 Å². The molecule has 1 saturated heterocycles. The lowest BCUT2D eigenvalue weighted by atomic mass is 10.2. The van der Waals surface area contributed by atoms with E-state index < -0.39 is 0 Å². The third kappa shape index (κ3) is 7.45. The molecular weight excluding hydrogens is 274 g/mol. The zero-order chi connectivity index (χ0) is 16.2. The average Bonchev–Trinajstić information content (AvgIpc) is 2.57. The number of hydrogen-bond acceptors (Lipinski definition) is 3. The summed E-state index contributed by atoms with van der Waals surface area (Å²) in [6, 6.07) is 0.553. The van der Waals surface area contributed by atoms with Crippen molar-refractivity contribution >= 4 is 5.96 Å². The van der Waals surface area contributed by atoms with Crippen molar-refractivity contribution in [2.24, 2.45) is 4.99 Å². The minimum absolute atomic E-state index is 0.553. The summed E-state index contributed by atoms with van der Waals surface area (Å²) in [6.07, 6.45) is 5.14. The van der Waals surface area contributed by atoms with E-state index in [1.165, 1.54) is 58.4 Å². The largest absolute Gasteiger partial charge is 0.356 e. The van der Waals surface area contributed by atoms with E-state index in [1.807, 2.05) is 7.05 Å². The van der Waals surface area contributed by atoms with Crippen LogP contribution in [-0.2, 0) is 0 Å². The van der Waals surface area contributed by atoms with Gasteiger partial charge in [0.05, 0.1) is 0 Å². The number of likely N-dealkylation sites (N-methyl/N-ethyl adjacent to an activating group) is 1. The van der Waals surface area contributed by atoms with Gasteiger partial charge in [-0.2, -0.15) is 0 Å². The summed E-state index contributed by atoms with van der Waals surface area (Å²) < 4.78 is 0. The van der Waals surface area contributed by atoms with Crippen molar-refractivity contribution in [1.29, 1.82) is 0 Å². The second-order valence-corrected chi connectivity index (χ2v) is 6.26. The number of nitrogens with one attached hydrogen (secondary N) is 2. The van der Waals surface area contributed by atoms with E-state index in [4.69, 9.17) is 0 Å². The average molecular weight is 312 g/mol. The van der Waals surface area contributed by atoms with Gasteiger partial charge < -0.3 is 15.5 Å². The van der Waals surface area contributed by atoms with Gasteiger partial charge in [0.2, 0.25) is 0 Å². The molecule has 0 aliphatic carbocycles. The number of rotatable bonds is 9. The Labute approximate surface area is 137 Å². The predicted molar refractivity (Wildman–Crippen MR) is 96.7 cm³/mol. The summed E-state index contributed by atoms with van der Waals surface area (Å²) in [5, 5.41) is 6.88. The van der Waals surface area contributed by atoms with Gasteiger partial charge in [0.1, 0.15) is 0 Å². The minimum atomic E-state index is 0.553. The summed E-state index contributed by atoms with van der Waals surface area (Å²) in [5.74, 6) is 0.940. The SMILES string of the molecule is CCCCCCNC(=NC)NCC(C)N1CCN(CC)CC1. The van der Waals surface area contributed by atoms with E-state index in [-0.39, 0.29) is 0 Å². The second kappa shape index (κ2) is 11.7. The van der Waals surface area contributed by atoms with Crippen molar-refractivity contribution in [3.8, 4) is 0 Å². The molecule has 2 N–H and O–H groups in total. The molecule has 1 rings (SSSR count). The lowest BCUT2D eigenvalue weighted by Crippen LogP contribution is -2.53. The lowest BCUT2D eigenvalue weighted by Gasteiger charge is -2.37. The van der Waals surface area contributed by atoms with Gasteiger partial charge in [-0.15, -0.1) is 0 Å². The summed E-state index contributed by atoms with van der Waals surface area (Å²) in [4.78, 5) is 9.41. The van der Waals surface area contributed by atoms with Crippen molar-refractivity contribution in [2.75, 3.05) is 52.9 Å². The molecule has 1 heterocycles. The van der Waals surface area contributed by atoms with E-state index in [0.29, 0.717) is 6.04 Å². The number of guanidine groups is 1. The molecule has 0 aromatic carbocycles. The Hall–Kier alpha value is -0.810. The molecular formula is C17H37N5. The standard InChI is InChI=1S/C17H37N5/c1-5-7-8-9-10-19-17(18-4)20-15-16(3)22-13-11-21(6-2)12-14-22/h16H,5-15H2,1-4H3,(H2,18,19,20). The molecule has 0 aromatic rings. The summed E-state index contributed by atoms with van der Waals surface area (Å²) >= 11 is 0. The van der Waals surface area contributed by atoms with Crippen LogP contribution in [0.25, 0.3) is 0 Å². The molecule has 22 heavy (non-hydrogen) atoms. The van der Waals surface area contributed by atoms with Gasteiger partial charge in [-0.1, -0.05) is 33.1 Å². The fourth-order valence-corrected chi connectivity index (χ4v) is 2.87. The highest BCUT2D eigenvalue weighted by molar-refractivity contribution is 5.79. The topological polar surface area (TPSA) is 42.9 Å². The van der Waals surface area contributed by atoms with Gasteiger partial charge in [-0.25, -0.2) is 0 Å². The van der Waals surface area contributed by atoms with Crippen molar-refractivity contribution in [2.45, 2.75) is 52.5 Å². The Morgan fingerprint density at radius 3 is 2.36 bits per heavy atom. The first-order chi connectivity index (χ1) is 10.7. The maximum Gasteiger partial charge on any atom is 0.191 e. The smallest absolute Gasteiger partial charge is 0.191 e. The van der Waals surface area contributed by atoms with Crippen LogP contribution in [0, 0.1) is 0 Å². The number of aliphatic imine (C=N–C) groups is 1. The molecule has 0 radical (unpaired) electrons. The maximum atomic E-state index is 4.32. The first-order valence-corrected chi connectivity index (χ1v) is 9.12. The van der Waals surface area contributed by atoms with E-state index in [9.17, 15) is 0 Å². The first-order valence-electron chi connectivity index (χ1n) is 9.12. The number of hydrogen-bond donors (Lipinski definition) is 2. The van der Waals surface area contributed by atoms with Gasteiger partial charge in [-0.05, 0) is 19.9 Å². The van der Waals surface area contributed by atoms with Crippen molar-refractivity contribution in [1.82, 2.24) is 20.4 Å². The van der Waals surface area contributed by atoms with Crippen LogP contribution in [-0.4, -0.2) is 74.7 Å². The van der Waals surface area contributed by atoms with Gasteiger partial charge in [0.25, 0.3) is 0 Å². The zero-order valence-electron chi connectivity index (χ0n) is 15.2. The van der Waals surface area contributed by atoms with Crippen LogP contribution in [0.1, 0.15) is 46.5 Å². The molecule has 5 heteroatoms. The summed E-state index contributed by atoms with van der Waals surface area (Å²) in [5.41, 5.74) is 0. The van der Waals surface area contributed by atoms with Gasteiger partial charge >= 0.3 is 0 Å². The molecule has 0 aromatic heterocycles. The van der Waals surface area contributed by atoms with Crippen LogP contribution in [0.3, 0.4) is 0 Å². The van der Waals surface area contributed by atoms with E-state index in [2.05, 4.69) is 46.2 Å². The monoisotopic (exact) mass is 311 g/mol. The molecule has 0 spiro atoms. The lowest BCUT2D eigenvalue weighted by molar-refractivity contribution is 0.107. The highest BCUT2D eigenvalue weighted by atomic mass is 15.3. The first kappa shape index (κ1) is 19.2. The fourth-order valence-electron chi connectivity index (χ4n) is 2.87. The molecule has 1 aliphatic heterocycles. The molecule has 130 valence electrons. The molecule has 0 saturated carbocycles. The van der Waals surface area contributed by atoms with E-state index >= 15 is 0 Å². The maximum absolute atomic E-state index is 4.32. The normalized spacial score (nSPS) is 19.2. The Morgan fingerprint density at radius 2 is 1.77 bits per heavy atom. The molecule has 1 unspecified atom stereocenters. The van der Waals surface area contributed by atoms with Gasteiger partial charge in [0.15, 0.2) is 5.96 Å².